The second kappa shape index (κ2) is 5.59. The molecule has 0 N–H and O–H groups in total. The summed E-state index contributed by atoms with van der Waals surface area (Å²) in [6, 6.07) is 0. The van der Waals surface area contributed by atoms with Gasteiger partial charge in [-0.1, -0.05) is 6.42 Å². The quantitative estimate of drug-likeness (QED) is 0.756. The molecule has 2 heterocycles. The Kier molecular flexibility index (Phi) is 3.95. The molecule has 3 rings (SSSR count). The van der Waals surface area contributed by atoms with Gasteiger partial charge in [0.05, 0.1) is 5.41 Å². The molecule has 5 heteroatoms. The van der Waals surface area contributed by atoms with Crippen molar-refractivity contribution in [2.45, 2.75) is 32.6 Å². The summed E-state index contributed by atoms with van der Waals surface area (Å²) >= 11 is 0. The number of hydrogen-bond donors (Lipinski definition) is 0. The van der Waals surface area contributed by atoms with Crippen molar-refractivity contribution in [1.29, 1.82) is 0 Å². The van der Waals surface area contributed by atoms with E-state index >= 15 is 0 Å². The summed E-state index contributed by atoms with van der Waals surface area (Å²) in [7, 11) is 2.08. The van der Waals surface area contributed by atoms with Crippen LogP contribution in [0.15, 0.2) is 0 Å². The van der Waals surface area contributed by atoms with E-state index in [1.54, 1.807) is 0 Å². The molecule has 3 fully saturated rings. The summed E-state index contributed by atoms with van der Waals surface area (Å²) in [4.78, 5) is 31.2. The number of carbonyl (C=O) groups excluding carboxylic acids is 2. The fourth-order valence-corrected chi connectivity index (χ4v) is 3.79. The third-order valence-electron chi connectivity index (χ3n) is 5.51. The van der Waals surface area contributed by atoms with E-state index in [2.05, 4.69) is 18.9 Å². The molecule has 0 unspecified atom stereocenters. The van der Waals surface area contributed by atoms with Crippen LogP contribution in [0.3, 0.4) is 0 Å². The summed E-state index contributed by atoms with van der Waals surface area (Å²) in [6.07, 6.45) is 4.26. The lowest BCUT2D eigenvalue weighted by molar-refractivity contribution is -0.148. The van der Waals surface area contributed by atoms with E-state index in [0.717, 1.165) is 32.4 Å². The molecule has 1 atom stereocenters. The zero-order chi connectivity index (χ0) is 15.0. The Labute approximate surface area is 127 Å². The molecule has 0 bridgehead atoms. The molecule has 1 aliphatic carbocycles. The van der Waals surface area contributed by atoms with Crippen LogP contribution in [0.2, 0.25) is 0 Å². The van der Waals surface area contributed by atoms with Gasteiger partial charge in [-0.3, -0.25) is 9.59 Å². The number of likely N-dealkylation sites (tertiary alicyclic amines) is 1. The van der Waals surface area contributed by atoms with Crippen LogP contribution in [0.4, 0.5) is 0 Å². The highest BCUT2D eigenvalue weighted by atomic mass is 16.2. The van der Waals surface area contributed by atoms with Crippen molar-refractivity contribution >= 4 is 11.8 Å². The largest absolute Gasteiger partial charge is 0.339 e. The van der Waals surface area contributed by atoms with Gasteiger partial charge in [0.2, 0.25) is 11.8 Å². The van der Waals surface area contributed by atoms with Crippen LogP contribution in [0.25, 0.3) is 0 Å². The Balaban J connectivity index is 1.53. The van der Waals surface area contributed by atoms with Crippen LogP contribution in [0, 0.1) is 11.3 Å². The van der Waals surface area contributed by atoms with Crippen LogP contribution in [-0.4, -0.2) is 72.8 Å². The maximum absolute atomic E-state index is 12.7. The molecular formula is C16H27N3O2. The lowest BCUT2D eigenvalue weighted by Gasteiger charge is -2.40. The predicted octanol–water partition coefficient (Wildman–Crippen LogP) is 0.799. The summed E-state index contributed by atoms with van der Waals surface area (Å²) in [5.41, 5.74) is -0.227. The van der Waals surface area contributed by atoms with Crippen LogP contribution in [0.5, 0.6) is 0 Å². The van der Waals surface area contributed by atoms with Gasteiger partial charge in [0, 0.05) is 38.6 Å². The fraction of sp³-hybridized carbons (Fsp3) is 0.875. The van der Waals surface area contributed by atoms with Crippen molar-refractivity contribution in [3.05, 3.63) is 0 Å². The molecule has 118 valence electrons. The molecule has 0 aromatic heterocycles. The average molecular weight is 293 g/mol. The Morgan fingerprint density at radius 1 is 1.00 bits per heavy atom. The smallest absolute Gasteiger partial charge is 0.229 e. The lowest BCUT2D eigenvalue weighted by Crippen LogP contribution is -2.55. The van der Waals surface area contributed by atoms with Crippen LogP contribution in [0.1, 0.15) is 32.6 Å². The van der Waals surface area contributed by atoms with Crippen LogP contribution in [-0.2, 0) is 9.59 Å². The molecule has 5 nitrogen and oxygen atoms in total. The first-order valence-corrected chi connectivity index (χ1v) is 8.26. The first-order chi connectivity index (χ1) is 9.99. The van der Waals surface area contributed by atoms with Gasteiger partial charge >= 0.3 is 0 Å². The summed E-state index contributed by atoms with van der Waals surface area (Å²) in [6.45, 7) is 6.79. The van der Waals surface area contributed by atoms with Crippen LogP contribution < -0.4 is 0 Å². The second-order valence-corrected chi connectivity index (χ2v) is 7.29. The Morgan fingerprint density at radius 3 is 2.10 bits per heavy atom. The van der Waals surface area contributed by atoms with E-state index < -0.39 is 0 Å². The van der Waals surface area contributed by atoms with Crippen molar-refractivity contribution in [2.24, 2.45) is 11.3 Å². The van der Waals surface area contributed by atoms with E-state index in [0.29, 0.717) is 32.1 Å². The Bertz CT molecular complexity index is 427. The first kappa shape index (κ1) is 14.8. The summed E-state index contributed by atoms with van der Waals surface area (Å²) in [5, 5.41) is 0. The normalized spacial score (nSPS) is 31.3. The molecular weight excluding hydrogens is 266 g/mol. The van der Waals surface area contributed by atoms with Gasteiger partial charge in [0.15, 0.2) is 0 Å². The maximum Gasteiger partial charge on any atom is 0.229 e. The molecule has 2 aliphatic heterocycles. The standard InChI is InChI=1S/C16H27N3O2/c1-16(6-7-17(2)12-16)15(21)19-10-8-18(9-11-19)14(20)13-4-3-5-13/h13H,3-12H2,1-2H3/t16-/m0/s1. The highest BCUT2D eigenvalue weighted by Crippen LogP contribution is 2.32. The van der Waals surface area contributed by atoms with E-state index in [1.807, 2.05) is 9.80 Å². The number of rotatable bonds is 2. The van der Waals surface area contributed by atoms with Gasteiger partial charge in [-0.15, -0.1) is 0 Å². The lowest BCUT2D eigenvalue weighted by atomic mass is 9.84. The molecule has 2 amide bonds. The van der Waals surface area contributed by atoms with E-state index in [1.165, 1.54) is 6.42 Å². The number of carbonyl (C=O) groups is 2. The monoisotopic (exact) mass is 293 g/mol. The highest BCUT2D eigenvalue weighted by molar-refractivity contribution is 5.84. The SMILES string of the molecule is CN1CC[C@](C)(C(=O)N2CCN(C(=O)C3CCC3)CC2)C1. The number of piperazine rings is 1. The number of nitrogens with zero attached hydrogens (tertiary/aromatic N) is 3. The molecule has 21 heavy (non-hydrogen) atoms. The van der Waals surface area contributed by atoms with Gasteiger partial charge in [-0.25, -0.2) is 0 Å². The van der Waals surface area contributed by atoms with Crippen molar-refractivity contribution in [2.75, 3.05) is 46.3 Å². The summed E-state index contributed by atoms with van der Waals surface area (Å²) in [5.74, 6) is 0.871. The van der Waals surface area contributed by atoms with E-state index in [4.69, 9.17) is 0 Å². The van der Waals surface area contributed by atoms with Gasteiger partial charge in [-0.05, 0) is 39.8 Å². The maximum atomic E-state index is 12.7. The van der Waals surface area contributed by atoms with Crippen molar-refractivity contribution < 1.29 is 9.59 Å². The highest BCUT2D eigenvalue weighted by Gasteiger charge is 2.42. The van der Waals surface area contributed by atoms with Crippen molar-refractivity contribution in [3.8, 4) is 0 Å². The molecule has 3 aliphatic rings. The Hall–Kier alpha value is -1.10. The summed E-state index contributed by atoms with van der Waals surface area (Å²) < 4.78 is 0. The van der Waals surface area contributed by atoms with Crippen LogP contribution >= 0.6 is 0 Å². The predicted molar refractivity (Wildman–Crippen MR) is 80.7 cm³/mol. The number of amides is 2. The van der Waals surface area contributed by atoms with Gasteiger partial charge in [-0.2, -0.15) is 0 Å². The van der Waals surface area contributed by atoms with E-state index in [-0.39, 0.29) is 17.2 Å². The average Bonchev–Trinajstić information content (AvgIpc) is 2.77. The fourth-order valence-electron chi connectivity index (χ4n) is 3.79. The molecule has 0 radical (unpaired) electrons. The zero-order valence-corrected chi connectivity index (χ0v) is 13.3. The minimum absolute atomic E-state index is 0.227. The van der Waals surface area contributed by atoms with Crippen molar-refractivity contribution in [1.82, 2.24) is 14.7 Å². The second-order valence-electron chi connectivity index (χ2n) is 7.29. The molecule has 2 saturated heterocycles. The van der Waals surface area contributed by atoms with E-state index in [9.17, 15) is 9.59 Å². The molecule has 0 aromatic rings. The zero-order valence-electron chi connectivity index (χ0n) is 13.3. The Morgan fingerprint density at radius 2 is 1.62 bits per heavy atom. The van der Waals surface area contributed by atoms with Gasteiger partial charge in [0.25, 0.3) is 0 Å². The van der Waals surface area contributed by atoms with Gasteiger partial charge < -0.3 is 14.7 Å². The third-order valence-corrected chi connectivity index (χ3v) is 5.51. The first-order valence-electron chi connectivity index (χ1n) is 8.26. The molecule has 0 spiro atoms. The molecule has 1 saturated carbocycles. The minimum Gasteiger partial charge on any atom is -0.339 e. The van der Waals surface area contributed by atoms with Gasteiger partial charge in [0.1, 0.15) is 0 Å². The number of hydrogen-bond acceptors (Lipinski definition) is 3. The minimum atomic E-state index is -0.227. The molecule has 0 aromatic carbocycles. The van der Waals surface area contributed by atoms with Crippen molar-refractivity contribution in [3.63, 3.8) is 0 Å². The topological polar surface area (TPSA) is 43.9 Å². The third kappa shape index (κ3) is 2.80.